The van der Waals surface area contributed by atoms with Gasteiger partial charge in [0.05, 0.1) is 5.56 Å². The molecule has 1 rings (SSSR count). The second kappa shape index (κ2) is 4.65. The topological polar surface area (TPSA) is 59.1 Å². The van der Waals surface area contributed by atoms with Crippen LogP contribution in [0.1, 0.15) is 18.1 Å². The second-order valence-electron chi connectivity index (χ2n) is 3.71. The van der Waals surface area contributed by atoms with E-state index >= 15 is 0 Å². The number of benzene rings is 1. The molecule has 0 aliphatic rings. The number of ether oxygens (including phenoxy) is 1. The molecule has 0 amide bonds. The Balaban J connectivity index is 3.03. The Bertz CT molecular complexity index is 429. The molecule has 94 valence electrons. The SMILES string of the molecule is Cc1ccc(OC(C)C(F)(F)F)c(C(=N)N)c1. The highest BCUT2D eigenvalue weighted by Crippen LogP contribution is 2.27. The summed E-state index contributed by atoms with van der Waals surface area (Å²) in [7, 11) is 0. The summed E-state index contributed by atoms with van der Waals surface area (Å²) in [5.41, 5.74) is 6.25. The van der Waals surface area contributed by atoms with Crippen LogP contribution in [-0.2, 0) is 0 Å². The number of amidine groups is 1. The normalized spacial score (nSPS) is 13.2. The summed E-state index contributed by atoms with van der Waals surface area (Å²) in [4.78, 5) is 0. The lowest BCUT2D eigenvalue weighted by atomic mass is 10.1. The lowest BCUT2D eigenvalue weighted by Crippen LogP contribution is -2.32. The number of alkyl halides is 3. The van der Waals surface area contributed by atoms with E-state index in [-0.39, 0.29) is 17.1 Å². The van der Waals surface area contributed by atoms with E-state index in [9.17, 15) is 13.2 Å². The van der Waals surface area contributed by atoms with E-state index in [2.05, 4.69) is 0 Å². The Hall–Kier alpha value is -1.72. The highest BCUT2D eigenvalue weighted by atomic mass is 19.4. The van der Waals surface area contributed by atoms with Gasteiger partial charge in [0.1, 0.15) is 11.6 Å². The molecule has 1 aromatic rings. The summed E-state index contributed by atoms with van der Waals surface area (Å²) in [6, 6.07) is 4.50. The van der Waals surface area contributed by atoms with Crippen molar-refractivity contribution in [3.05, 3.63) is 29.3 Å². The van der Waals surface area contributed by atoms with Gasteiger partial charge in [-0.25, -0.2) is 0 Å². The average molecular weight is 246 g/mol. The van der Waals surface area contributed by atoms with Crippen molar-refractivity contribution in [2.75, 3.05) is 0 Å². The van der Waals surface area contributed by atoms with Gasteiger partial charge in [0, 0.05) is 0 Å². The summed E-state index contributed by atoms with van der Waals surface area (Å²) >= 11 is 0. The first kappa shape index (κ1) is 13.3. The molecule has 3 N–H and O–H groups in total. The average Bonchev–Trinajstić information content (AvgIpc) is 2.18. The van der Waals surface area contributed by atoms with Gasteiger partial charge in [0.2, 0.25) is 0 Å². The first-order valence-electron chi connectivity index (χ1n) is 4.90. The molecule has 0 saturated heterocycles. The fourth-order valence-corrected chi connectivity index (χ4v) is 1.21. The van der Waals surface area contributed by atoms with E-state index in [1.807, 2.05) is 0 Å². The van der Waals surface area contributed by atoms with E-state index in [1.54, 1.807) is 13.0 Å². The lowest BCUT2D eigenvalue weighted by molar-refractivity contribution is -0.189. The molecule has 0 heterocycles. The van der Waals surface area contributed by atoms with Gasteiger partial charge in [-0.1, -0.05) is 11.6 Å². The third-order valence-electron chi connectivity index (χ3n) is 2.19. The molecule has 1 aromatic carbocycles. The zero-order chi connectivity index (χ0) is 13.2. The van der Waals surface area contributed by atoms with Crippen LogP contribution in [0.15, 0.2) is 18.2 Å². The van der Waals surface area contributed by atoms with Crippen LogP contribution < -0.4 is 10.5 Å². The lowest BCUT2D eigenvalue weighted by Gasteiger charge is -2.19. The van der Waals surface area contributed by atoms with Crippen molar-refractivity contribution in [2.24, 2.45) is 5.73 Å². The molecule has 0 saturated carbocycles. The van der Waals surface area contributed by atoms with Crippen molar-refractivity contribution in [1.82, 2.24) is 0 Å². The van der Waals surface area contributed by atoms with Crippen LogP contribution in [0.4, 0.5) is 13.2 Å². The fraction of sp³-hybridized carbons (Fsp3) is 0.364. The van der Waals surface area contributed by atoms with Crippen molar-refractivity contribution in [2.45, 2.75) is 26.1 Å². The highest BCUT2D eigenvalue weighted by Gasteiger charge is 2.38. The van der Waals surface area contributed by atoms with E-state index in [0.717, 1.165) is 12.5 Å². The molecular weight excluding hydrogens is 233 g/mol. The molecular formula is C11H13F3N2O. The van der Waals surface area contributed by atoms with E-state index in [0.29, 0.717) is 0 Å². The first-order valence-corrected chi connectivity index (χ1v) is 4.90. The smallest absolute Gasteiger partial charge is 0.425 e. The minimum atomic E-state index is -4.45. The van der Waals surface area contributed by atoms with Gasteiger partial charge in [-0.15, -0.1) is 0 Å². The van der Waals surface area contributed by atoms with Crippen LogP contribution in [0.25, 0.3) is 0 Å². The number of nitrogen functional groups attached to an aromatic ring is 1. The Morgan fingerprint density at radius 2 is 2.00 bits per heavy atom. The highest BCUT2D eigenvalue weighted by molar-refractivity contribution is 5.97. The third kappa shape index (κ3) is 3.37. The maximum atomic E-state index is 12.3. The van der Waals surface area contributed by atoms with Gasteiger partial charge in [-0.3, -0.25) is 5.41 Å². The molecule has 0 radical (unpaired) electrons. The van der Waals surface area contributed by atoms with Gasteiger partial charge in [-0.2, -0.15) is 13.2 Å². The molecule has 1 atom stereocenters. The standard InChI is InChI=1S/C11H13F3N2O/c1-6-3-4-9(8(5-6)10(15)16)17-7(2)11(12,13)14/h3-5,7H,1-2H3,(H3,15,16). The maximum absolute atomic E-state index is 12.3. The summed E-state index contributed by atoms with van der Waals surface area (Å²) in [6.45, 7) is 2.66. The second-order valence-corrected chi connectivity index (χ2v) is 3.71. The van der Waals surface area contributed by atoms with Gasteiger partial charge < -0.3 is 10.5 Å². The third-order valence-corrected chi connectivity index (χ3v) is 2.19. The van der Waals surface area contributed by atoms with Crippen LogP contribution >= 0.6 is 0 Å². The summed E-state index contributed by atoms with van der Waals surface area (Å²) < 4.78 is 41.8. The minimum Gasteiger partial charge on any atom is -0.480 e. The molecule has 0 spiro atoms. The number of nitrogens with one attached hydrogen (secondary N) is 1. The summed E-state index contributed by atoms with van der Waals surface area (Å²) in [5.74, 6) is -0.356. The molecule has 0 aromatic heterocycles. The van der Waals surface area contributed by atoms with Gasteiger partial charge in [0.25, 0.3) is 0 Å². The van der Waals surface area contributed by atoms with E-state index < -0.39 is 12.3 Å². The predicted molar refractivity (Wildman–Crippen MR) is 58.3 cm³/mol. The Labute approximate surface area is 96.9 Å². The van der Waals surface area contributed by atoms with Crippen LogP contribution in [0.2, 0.25) is 0 Å². The predicted octanol–water partition coefficient (Wildman–Crippen LogP) is 2.61. The monoisotopic (exact) mass is 246 g/mol. The Kier molecular flexibility index (Phi) is 3.65. The number of nitrogens with two attached hydrogens (primary N) is 1. The largest absolute Gasteiger partial charge is 0.480 e. The van der Waals surface area contributed by atoms with E-state index in [4.69, 9.17) is 15.9 Å². The fourth-order valence-electron chi connectivity index (χ4n) is 1.21. The first-order chi connectivity index (χ1) is 7.71. The van der Waals surface area contributed by atoms with Gasteiger partial charge >= 0.3 is 6.18 Å². The van der Waals surface area contributed by atoms with Gasteiger partial charge in [-0.05, 0) is 26.0 Å². The number of hydrogen-bond acceptors (Lipinski definition) is 2. The van der Waals surface area contributed by atoms with Crippen LogP contribution in [0.3, 0.4) is 0 Å². The van der Waals surface area contributed by atoms with Crippen LogP contribution in [0, 0.1) is 12.3 Å². The number of aryl methyl sites for hydroxylation is 1. The van der Waals surface area contributed by atoms with Crippen LogP contribution in [-0.4, -0.2) is 18.1 Å². The number of rotatable bonds is 3. The quantitative estimate of drug-likeness (QED) is 0.636. The van der Waals surface area contributed by atoms with Crippen LogP contribution in [0.5, 0.6) is 5.75 Å². The molecule has 1 unspecified atom stereocenters. The Morgan fingerprint density at radius 1 is 1.41 bits per heavy atom. The Morgan fingerprint density at radius 3 is 2.47 bits per heavy atom. The summed E-state index contributed by atoms with van der Waals surface area (Å²) in [5, 5.41) is 7.29. The molecule has 0 aliphatic carbocycles. The van der Waals surface area contributed by atoms with Crippen molar-refractivity contribution in [3.8, 4) is 5.75 Å². The maximum Gasteiger partial charge on any atom is 0.425 e. The minimum absolute atomic E-state index is 0.0343. The van der Waals surface area contributed by atoms with Gasteiger partial charge in [0.15, 0.2) is 6.10 Å². The molecule has 0 aliphatic heterocycles. The zero-order valence-corrected chi connectivity index (χ0v) is 9.43. The molecule has 0 bridgehead atoms. The van der Waals surface area contributed by atoms with Crippen molar-refractivity contribution in [3.63, 3.8) is 0 Å². The molecule has 0 fully saturated rings. The zero-order valence-electron chi connectivity index (χ0n) is 9.43. The van der Waals surface area contributed by atoms with E-state index in [1.165, 1.54) is 12.1 Å². The number of hydrogen-bond donors (Lipinski definition) is 2. The number of halogens is 3. The molecule has 3 nitrogen and oxygen atoms in total. The molecule has 17 heavy (non-hydrogen) atoms. The van der Waals surface area contributed by atoms with Crippen molar-refractivity contribution in [1.29, 1.82) is 5.41 Å². The van der Waals surface area contributed by atoms with Crippen molar-refractivity contribution >= 4 is 5.84 Å². The molecule has 6 heteroatoms. The van der Waals surface area contributed by atoms with Crippen molar-refractivity contribution < 1.29 is 17.9 Å². The summed E-state index contributed by atoms with van der Waals surface area (Å²) in [6.07, 6.45) is -6.39.